The summed E-state index contributed by atoms with van der Waals surface area (Å²) < 4.78 is 5.98. The van der Waals surface area contributed by atoms with Gasteiger partial charge in [-0.3, -0.25) is 4.79 Å². The van der Waals surface area contributed by atoms with Crippen molar-refractivity contribution in [2.24, 2.45) is 0 Å². The number of nitrogens with zero attached hydrogens (tertiary/aromatic N) is 1. The van der Waals surface area contributed by atoms with Crippen LogP contribution in [0.5, 0.6) is 5.75 Å². The van der Waals surface area contributed by atoms with Crippen molar-refractivity contribution in [2.75, 3.05) is 11.4 Å². The van der Waals surface area contributed by atoms with Crippen LogP contribution in [0.1, 0.15) is 24.8 Å². The van der Waals surface area contributed by atoms with E-state index in [0.717, 1.165) is 36.4 Å². The molecule has 0 aromatic heterocycles. The number of aliphatic carboxylic acids is 1. The molecule has 3 aromatic carbocycles. The fourth-order valence-electron chi connectivity index (χ4n) is 3.96. The van der Waals surface area contributed by atoms with Gasteiger partial charge in [-0.05, 0) is 59.9 Å². The van der Waals surface area contributed by atoms with Gasteiger partial charge < -0.3 is 14.7 Å². The molecule has 4 nitrogen and oxygen atoms in total. The Morgan fingerprint density at radius 3 is 2.48 bits per heavy atom. The van der Waals surface area contributed by atoms with E-state index in [-0.39, 0.29) is 12.5 Å². The third kappa shape index (κ3) is 4.77. The number of hydrogen-bond acceptors (Lipinski definition) is 3. The van der Waals surface area contributed by atoms with E-state index in [1.54, 1.807) is 0 Å². The normalized spacial score (nSPS) is 16.0. The zero-order valence-electron chi connectivity index (χ0n) is 16.3. The first-order valence-corrected chi connectivity index (χ1v) is 10.0. The molecule has 1 heterocycles. The Kier molecular flexibility index (Phi) is 5.80. The molecule has 0 saturated carbocycles. The predicted octanol–water partition coefficient (Wildman–Crippen LogP) is 5.38. The SMILES string of the molecule is O=C(O)CC1CCCN1c1ccc(OCc2cccc(-c3ccccc3)c2)cc1. The Bertz CT molecular complexity index is 953. The van der Waals surface area contributed by atoms with Crippen molar-refractivity contribution in [3.63, 3.8) is 0 Å². The van der Waals surface area contributed by atoms with Crippen LogP contribution in [0.4, 0.5) is 5.69 Å². The molecule has 4 heteroatoms. The molecule has 148 valence electrons. The minimum Gasteiger partial charge on any atom is -0.489 e. The van der Waals surface area contributed by atoms with E-state index in [1.165, 1.54) is 11.1 Å². The molecule has 1 unspecified atom stereocenters. The first kappa shape index (κ1) is 19.1. The van der Waals surface area contributed by atoms with Crippen molar-refractivity contribution >= 4 is 11.7 Å². The van der Waals surface area contributed by atoms with Gasteiger partial charge in [0.2, 0.25) is 0 Å². The van der Waals surface area contributed by atoms with Crippen LogP contribution >= 0.6 is 0 Å². The van der Waals surface area contributed by atoms with Gasteiger partial charge in [0, 0.05) is 18.3 Å². The van der Waals surface area contributed by atoms with Gasteiger partial charge in [-0.1, -0.05) is 48.5 Å². The average Bonchev–Trinajstić information content (AvgIpc) is 3.21. The molecule has 1 atom stereocenters. The average molecular weight is 387 g/mol. The van der Waals surface area contributed by atoms with E-state index in [2.05, 4.69) is 41.3 Å². The summed E-state index contributed by atoms with van der Waals surface area (Å²) in [5, 5.41) is 9.11. The molecule has 1 saturated heterocycles. The lowest BCUT2D eigenvalue weighted by Crippen LogP contribution is -2.31. The van der Waals surface area contributed by atoms with Crippen molar-refractivity contribution in [3.8, 4) is 16.9 Å². The maximum absolute atomic E-state index is 11.1. The lowest BCUT2D eigenvalue weighted by Gasteiger charge is -2.25. The molecule has 0 amide bonds. The van der Waals surface area contributed by atoms with Crippen LogP contribution in [-0.4, -0.2) is 23.7 Å². The molecule has 0 bridgehead atoms. The third-order valence-corrected chi connectivity index (χ3v) is 5.40. The summed E-state index contributed by atoms with van der Waals surface area (Å²) in [5.74, 6) is 0.0763. The lowest BCUT2D eigenvalue weighted by molar-refractivity contribution is -0.137. The number of carboxylic acid groups (broad SMARTS) is 1. The van der Waals surface area contributed by atoms with Gasteiger partial charge in [-0.25, -0.2) is 0 Å². The highest BCUT2D eigenvalue weighted by Gasteiger charge is 2.26. The quantitative estimate of drug-likeness (QED) is 0.592. The summed E-state index contributed by atoms with van der Waals surface area (Å²) in [4.78, 5) is 13.3. The van der Waals surface area contributed by atoms with Crippen LogP contribution in [0.25, 0.3) is 11.1 Å². The summed E-state index contributed by atoms with van der Waals surface area (Å²) in [5.41, 5.74) is 4.56. The highest BCUT2D eigenvalue weighted by Crippen LogP contribution is 2.29. The van der Waals surface area contributed by atoms with Gasteiger partial charge in [0.1, 0.15) is 12.4 Å². The maximum atomic E-state index is 11.1. The van der Waals surface area contributed by atoms with Crippen molar-refractivity contribution in [1.29, 1.82) is 0 Å². The molecular weight excluding hydrogens is 362 g/mol. The summed E-state index contributed by atoms with van der Waals surface area (Å²) in [6.07, 6.45) is 2.16. The van der Waals surface area contributed by atoms with E-state index in [1.807, 2.05) is 42.5 Å². The van der Waals surface area contributed by atoms with Crippen LogP contribution in [0.15, 0.2) is 78.9 Å². The number of anilines is 1. The zero-order chi connectivity index (χ0) is 20.1. The van der Waals surface area contributed by atoms with Crippen LogP contribution in [0, 0.1) is 0 Å². The molecule has 29 heavy (non-hydrogen) atoms. The van der Waals surface area contributed by atoms with E-state index in [9.17, 15) is 4.79 Å². The largest absolute Gasteiger partial charge is 0.489 e. The molecule has 1 aliphatic heterocycles. The van der Waals surface area contributed by atoms with Crippen LogP contribution < -0.4 is 9.64 Å². The van der Waals surface area contributed by atoms with Crippen molar-refractivity contribution < 1.29 is 14.6 Å². The number of benzene rings is 3. The van der Waals surface area contributed by atoms with E-state index in [0.29, 0.717) is 6.61 Å². The topological polar surface area (TPSA) is 49.8 Å². The number of carboxylic acids is 1. The second-order valence-corrected chi connectivity index (χ2v) is 7.44. The van der Waals surface area contributed by atoms with Crippen molar-refractivity contribution in [1.82, 2.24) is 0 Å². The Hall–Kier alpha value is -3.27. The lowest BCUT2D eigenvalue weighted by atomic mass is 10.0. The molecular formula is C25H25NO3. The Morgan fingerprint density at radius 1 is 0.966 bits per heavy atom. The minimum atomic E-state index is -0.736. The van der Waals surface area contributed by atoms with Crippen LogP contribution in [0.2, 0.25) is 0 Å². The zero-order valence-corrected chi connectivity index (χ0v) is 16.3. The molecule has 0 radical (unpaired) electrons. The van der Waals surface area contributed by atoms with Crippen LogP contribution in [-0.2, 0) is 11.4 Å². The number of carbonyl (C=O) groups is 1. The second-order valence-electron chi connectivity index (χ2n) is 7.44. The Labute approximate surface area is 171 Å². The molecule has 1 N–H and O–H groups in total. The standard InChI is InChI=1S/C25H25NO3/c27-25(28)17-23-10-5-15-26(23)22-11-13-24(14-12-22)29-18-19-6-4-9-21(16-19)20-7-2-1-3-8-20/h1-4,6-9,11-14,16,23H,5,10,15,17-18H2,(H,27,28). The van der Waals surface area contributed by atoms with E-state index in [4.69, 9.17) is 9.84 Å². The van der Waals surface area contributed by atoms with Gasteiger partial charge in [-0.2, -0.15) is 0 Å². The maximum Gasteiger partial charge on any atom is 0.305 e. The molecule has 1 fully saturated rings. The minimum absolute atomic E-state index is 0.0833. The smallest absolute Gasteiger partial charge is 0.305 e. The first-order chi connectivity index (χ1) is 14.2. The summed E-state index contributed by atoms with van der Waals surface area (Å²) >= 11 is 0. The molecule has 4 rings (SSSR count). The summed E-state index contributed by atoms with van der Waals surface area (Å²) in [6, 6.07) is 26.8. The first-order valence-electron chi connectivity index (χ1n) is 10.0. The predicted molar refractivity (Wildman–Crippen MR) is 115 cm³/mol. The summed E-state index contributed by atoms with van der Waals surface area (Å²) in [7, 11) is 0. The van der Waals surface area contributed by atoms with Gasteiger partial charge in [-0.15, -0.1) is 0 Å². The van der Waals surface area contributed by atoms with Gasteiger partial charge in [0.05, 0.1) is 6.42 Å². The molecule has 1 aliphatic rings. The molecule has 0 aliphatic carbocycles. The fourth-order valence-corrected chi connectivity index (χ4v) is 3.96. The number of hydrogen-bond donors (Lipinski definition) is 1. The van der Waals surface area contributed by atoms with E-state index >= 15 is 0 Å². The number of rotatable bonds is 7. The summed E-state index contributed by atoms with van der Waals surface area (Å²) in [6.45, 7) is 1.41. The van der Waals surface area contributed by atoms with Crippen molar-refractivity contribution in [3.05, 3.63) is 84.4 Å². The Morgan fingerprint density at radius 2 is 1.72 bits per heavy atom. The Balaban J connectivity index is 1.39. The van der Waals surface area contributed by atoms with Gasteiger partial charge >= 0.3 is 5.97 Å². The van der Waals surface area contributed by atoms with Crippen LogP contribution in [0.3, 0.4) is 0 Å². The highest BCUT2D eigenvalue weighted by atomic mass is 16.5. The fraction of sp³-hybridized carbons (Fsp3) is 0.240. The van der Waals surface area contributed by atoms with E-state index < -0.39 is 5.97 Å². The highest BCUT2D eigenvalue weighted by molar-refractivity contribution is 5.69. The monoisotopic (exact) mass is 387 g/mol. The molecule has 3 aromatic rings. The molecule has 0 spiro atoms. The van der Waals surface area contributed by atoms with Crippen molar-refractivity contribution in [2.45, 2.75) is 31.9 Å². The third-order valence-electron chi connectivity index (χ3n) is 5.40. The van der Waals surface area contributed by atoms with Gasteiger partial charge in [0.25, 0.3) is 0 Å². The van der Waals surface area contributed by atoms with Gasteiger partial charge in [0.15, 0.2) is 0 Å². The number of ether oxygens (including phenoxy) is 1. The second kappa shape index (κ2) is 8.82.